The van der Waals surface area contributed by atoms with Crippen LogP contribution in [0.4, 0.5) is 0 Å². The van der Waals surface area contributed by atoms with Crippen LogP contribution in [0.3, 0.4) is 0 Å². The predicted molar refractivity (Wildman–Crippen MR) is 77.0 cm³/mol. The van der Waals surface area contributed by atoms with E-state index in [0.717, 1.165) is 57.8 Å². The van der Waals surface area contributed by atoms with E-state index in [0.29, 0.717) is 6.42 Å². The van der Waals surface area contributed by atoms with Gasteiger partial charge in [-0.05, 0) is 26.2 Å². The number of unbranched alkanes of at least 4 members (excludes halogenated alkanes) is 5. The van der Waals surface area contributed by atoms with Crippen molar-refractivity contribution in [2.24, 2.45) is 0 Å². The molecule has 6 heteroatoms. The van der Waals surface area contributed by atoms with Crippen LogP contribution in [0.15, 0.2) is 0 Å². The number of aliphatic hydroxyl groups excluding tert-OH is 1. The van der Waals surface area contributed by atoms with Gasteiger partial charge in [0.25, 0.3) is 0 Å². The standard InChI is InChI=1S/C14H30O4S.Na/c1-3-4-11-14(15)12-9-7-5-6-8-10-13(2)19(16,17)18;/h13-15H,3-12H2,1-2H3,(H,16,17,18);/q;+1/p-1. The number of hydrogen-bond donors (Lipinski definition) is 1. The van der Waals surface area contributed by atoms with Crippen LogP contribution >= 0.6 is 0 Å². The Morgan fingerprint density at radius 3 is 1.90 bits per heavy atom. The molecule has 0 aromatic heterocycles. The molecule has 4 nitrogen and oxygen atoms in total. The van der Waals surface area contributed by atoms with Crippen LogP contribution in [-0.4, -0.2) is 29.4 Å². The van der Waals surface area contributed by atoms with Crippen molar-refractivity contribution in [2.75, 3.05) is 0 Å². The summed E-state index contributed by atoms with van der Waals surface area (Å²) in [6.45, 7) is 3.60. The first-order chi connectivity index (χ1) is 8.88. The molecule has 0 aromatic carbocycles. The maximum absolute atomic E-state index is 10.7. The van der Waals surface area contributed by atoms with E-state index in [1.54, 1.807) is 0 Å². The zero-order valence-electron chi connectivity index (χ0n) is 13.3. The van der Waals surface area contributed by atoms with E-state index in [9.17, 15) is 18.1 Å². The molecule has 1 N–H and O–H groups in total. The maximum atomic E-state index is 10.7. The van der Waals surface area contributed by atoms with E-state index < -0.39 is 15.4 Å². The average Bonchev–Trinajstić information content (AvgIpc) is 2.33. The summed E-state index contributed by atoms with van der Waals surface area (Å²) in [5.74, 6) is 0. The molecule has 2 atom stereocenters. The Bertz CT molecular complexity index is 306. The minimum absolute atomic E-state index is 0. The summed E-state index contributed by atoms with van der Waals surface area (Å²) in [4.78, 5) is 0. The Morgan fingerprint density at radius 2 is 1.40 bits per heavy atom. The van der Waals surface area contributed by atoms with Crippen molar-refractivity contribution in [2.45, 2.75) is 89.4 Å². The van der Waals surface area contributed by atoms with E-state index >= 15 is 0 Å². The summed E-state index contributed by atoms with van der Waals surface area (Å²) in [6.07, 6.45) is 9.18. The normalized spacial score (nSPS) is 14.6. The topological polar surface area (TPSA) is 77.4 Å². The van der Waals surface area contributed by atoms with Gasteiger partial charge in [0.05, 0.1) is 16.2 Å². The Hall–Kier alpha value is 0.870. The zero-order chi connectivity index (χ0) is 14.7. The molecule has 0 aliphatic heterocycles. The van der Waals surface area contributed by atoms with Crippen LogP contribution in [0.25, 0.3) is 0 Å². The molecule has 0 amide bonds. The molecule has 0 saturated heterocycles. The summed E-state index contributed by atoms with van der Waals surface area (Å²) in [5.41, 5.74) is 0. The second-order valence-corrected chi connectivity index (χ2v) is 7.23. The first kappa shape index (κ1) is 23.1. The van der Waals surface area contributed by atoms with Gasteiger partial charge in [-0.3, -0.25) is 0 Å². The molecule has 0 bridgehead atoms. The minimum atomic E-state index is -4.10. The summed E-state index contributed by atoms with van der Waals surface area (Å²) >= 11 is 0. The molecule has 0 radical (unpaired) electrons. The van der Waals surface area contributed by atoms with Gasteiger partial charge in [0.2, 0.25) is 0 Å². The van der Waals surface area contributed by atoms with Crippen LogP contribution in [0, 0.1) is 0 Å². The van der Waals surface area contributed by atoms with E-state index in [2.05, 4.69) is 6.92 Å². The quantitative estimate of drug-likeness (QED) is 0.317. The Balaban J connectivity index is 0. The molecular formula is C14H29NaO4S. The zero-order valence-corrected chi connectivity index (χ0v) is 16.1. The van der Waals surface area contributed by atoms with Crippen molar-refractivity contribution in [1.82, 2.24) is 0 Å². The van der Waals surface area contributed by atoms with Gasteiger partial charge in [-0.25, -0.2) is 8.42 Å². The largest absolute Gasteiger partial charge is 1.00 e. The van der Waals surface area contributed by atoms with E-state index in [1.807, 2.05) is 0 Å². The van der Waals surface area contributed by atoms with Crippen molar-refractivity contribution < 1.29 is 47.6 Å². The van der Waals surface area contributed by atoms with Crippen molar-refractivity contribution in [3.8, 4) is 0 Å². The average molecular weight is 316 g/mol. The number of aliphatic hydroxyl groups is 1. The molecule has 0 aliphatic rings. The molecule has 0 saturated carbocycles. The van der Waals surface area contributed by atoms with Gasteiger partial charge in [0.1, 0.15) is 0 Å². The van der Waals surface area contributed by atoms with E-state index in [1.165, 1.54) is 6.92 Å². The third-order valence-electron chi connectivity index (χ3n) is 3.53. The molecular weight excluding hydrogens is 287 g/mol. The molecule has 0 fully saturated rings. The van der Waals surface area contributed by atoms with Crippen molar-refractivity contribution in [1.29, 1.82) is 0 Å². The van der Waals surface area contributed by atoms with Gasteiger partial charge in [-0.15, -0.1) is 0 Å². The molecule has 20 heavy (non-hydrogen) atoms. The fraction of sp³-hybridized carbons (Fsp3) is 1.00. The van der Waals surface area contributed by atoms with Crippen molar-refractivity contribution in [3.63, 3.8) is 0 Å². The van der Waals surface area contributed by atoms with Crippen LogP contribution in [0.1, 0.15) is 78.1 Å². The fourth-order valence-corrected chi connectivity index (χ4v) is 2.53. The third kappa shape index (κ3) is 13.8. The monoisotopic (exact) mass is 316 g/mol. The van der Waals surface area contributed by atoms with Gasteiger partial charge < -0.3 is 9.66 Å². The summed E-state index contributed by atoms with van der Waals surface area (Å²) in [7, 11) is -4.10. The summed E-state index contributed by atoms with van der Waals surface area (Å²) in [6, 6.07) is 0. The first-order valence-electron chi connectivity index (χ1n) is 7.50. The van der Waals surface area contributed by atoms with Crippen LogP contribution in [0.5, 0.6) is 0 Å². The van der Waals surface area contributed by atoms with E-state index in [4.69, 9.17) is 0 Å². The smallest absolute Gasteiger partial charge is 0.748 e. The number of rotatable bonds is 12. The third-order valence-corrected chi connectivity index (χ3v) is 4.75. The summed E-state index contributed by atoms with van der Waals surface area (Å²) in [5, 5.41) is 8.88. The van der Waals surface area contributed by atoms with E-state index in [-0.39, 0.29) is 35.7 Å². The van der Waals surface area contributed by atoms with Crippen LogP contribution in [0.2, 0.25) is 0 Å². The minimum Gasteiger partial charge on any atom is -0.748 e. The second-order valence-electron chi connectivity index (χ2n) is 5.44. The van der Waals surface area contributed by atoms with Crippen LogP contribution in [-0.2, 0) is 10.1 Å². The van der Waals surface area contributed by atoms with Crippen molar-refractivity contribution >= 4 is 10.1 Å². The van der Waals surface area contributed by atoms with Gasteiger partial charge in [0.15, 0.2) is 0 Å². The second kappa shape index (κ2) is 13.5. The molecule has 0 aromatic rings. The summed E-state index contributed by atoms with van der Waals surface area (Å²) < 4.78 is 32.0. The van der Waals surface area contributed by atoms with Gasteiger partial charge in [-0.1, -0.05) is 51.9 Å². The number of hydrogen-bond acceptors (Lipinski definition) is 4. The molecule has 116 valence electrons. The molecule has 2 unspecified atom stereocenters. The Labute approximate surface area is 146 Å². The molecule has 0 rings (SSSR count). The molecule has 0 aliphatic carbocycles. The fourth-order valence-electron chi connectivity index (χ4n) is 2.07. The Morgan fingerprint density at radius 1 is 0.950 bits per heavy atom. The van der Waals surface area contributed by atoms with Gasteiger partial charge >= 0.3 is 29.6 Å². The van der Waals surface area contributed by atoms with Gasteiger partial charge in [-0.2, -0.15) is 0 Å². The van der Waals surface area contributed by atoms with Crippen molar-refractivity contribution in [3.05, 3.63) is 0 Å². The SMILES string of the molecule is CCCCC(O)CCCCCCCC(C)S(=O)(=O)[O-].[Na+]. The van der Waals surface area contributed by atoms with Crippen LogP contribution < -0.4 is 29.6 Å². The first-order valence-corrected chi connectivity index (χ1v) is 8.97. The molecule has 0 spiro atoms. The van der Waals surface area contributed by atoms with Gasteiger partial charge in [0, 0.05) is 5.25 Å². The molecule has 0 heterocycles. The Kier molecular flexibility index (Phi) is 15.7. The maximum Gasteiger partial charge on any atom is 1.00 e. The predicted octanol–water partition coefficient (Wildman–Crippen LogP) is 0.206.